The molecule has 32 heavy (non-hydrogen) atoms. The van der Waals surface area contributed by atoms with E-state index in [2.05, 4.69) is 15.5 Å². The first-order valence-electron chi connectivity index (χ1n) is 10.2. The number of rotatable bonds is 3. The zero-order chi connectivity index (χ0) is 22.6. The van der Waals surface area contributed by atoms with Crippen molar-refractivity contribution in [1.29, 1.82) is 0 Å². The van der Waals surface area contributed by atoms with Crippen molar-refractivity contribution in [3.05, 3.63) is 22.6 Å². The van der Waals surface area contributed by atoms with Crippen LogP contribution in [0.1, 0.15) is 22.9 Å². The van der Waals surface area contributed by atoms with Crippen molar-refractivity contribution in [3.63, 3.8) is 0 Å². The molecular weight excluding hydrogens is 445 g/mol. The van der Waals surface area contributed by atoms with Gasteiger partial charge in [0.2, 0.25) is 17.7 Å². The maximum atomic E-state index is 13.2. The average molecular weight is 466 g/mol. The molecule has 1 amide bonds. The van der Waals surface area contributed by atoms with Gasteiger partial charge < -0.3 is 19.7 Å². The van der Waals surface area contributed by atoms with Crippen molar-refractivity contribution < 1.29 is 18.0 Å². The molecule has 5 rings (SSSR count). The zero-order valence-corrected chi connectivity index (χ0v) is 18.3. The molecule has 0 aliphatic carbocycles. The fourth-order valence-electron chi connectivity index (χ4n) is 4.31. The summed E-state index contributed by atoms with van der Waals surface area (Å²) in [6.07, 6.45) is -3.82. The Morgan fingerprint density at radius 2 is 2.00 bits per heavy atom. The molecule has 0 radical (unpaired) electrons. The van der Waals surface area contributed by atoms with Crippen LogP contribution >= 0.6 is 11.3 Å². The van der Waals surface area contributed by atoms with E-state index in [1.54, 1.807) is 18.4 Å². The predicted molar refractivity (Wildman–Crippen MR) is 113 cm³/mol. The highest BCUT2D eigenvalue weighted by atomic mass is 32.1. The standard InChI is InChI=1S/C19H21F3N8OS/c1-10-7-12-14(28-5-6-30-13(9-28)26-27-17(30)19(20,21)22)24-18(25-16(12)32-10)29-4-3-11(8-29)15(31)23-2/h7,11H,3-6,8-9H2,1-2H3,(H,23,31). The first kappa shape index (κ1) is 20.9. The molecule has 0 aromatic carbocycles. The van der Waals surface area contributed by atoms with Crippen molar-refractivity contribution >= 4 is 39.2 Å². The van der Waals surface area contributed by atoms with Gasteiger partial charge in [0.1, 0.15) is 10.6 Å². The second kappa shape index (κ2) is 7.57. The Labute approximate surface area is 185 Å². The lowest BCUT2D eigenvalue weighted by atomic mass is 10.1. The van der Waals surface area contributed by atoms with Crippen LogP contribution < -0.4 is 15.1 Å². The zero-order valence-electron chi connectivity index (χ0n) is 17.5. The molecule has 2 aliphatic rings. The predicted octanol–water partition coefficient (Wildman–Crippen LogP) is 2.20. The number of carbonyl (C=O) groups excluding carboxylic acids is 1. The summed E-state index contributed by atoms with van der Waals surface area (Å²) in [7, 11) is 1.62. The number of anilines is 2. The molecule has 1 atom stereocenters. The normalized spacial score (nSPS) is 19.0. The number of halogens is 3. The number of nitrogens with one attached hydrogen (secondary N) is 1. The van der Waals surface area contributed by atoms with Gasteiger partial charge in [0, 0.05) is 38.1 Å². The number of aromatic nitrogens is 5. The molecule has 9 nitrogen and oxygen atoms in total. The number of hydrogen-bond acceptors (Lipinski definition) is 8. The smallest absolute Gasteiger partial charge is 0.359 e. The van der Waals surface area contributed by atoms with Crippen molar-refractivity contribution in [2.24, 2.45) is 5.92 Å². The summed E-state index contributed by atoms with van der Waals surface area (Å²) in [6, 6.07) is 2.00. The number of amides is 1. The molecule has 3 aromatic rings. The number of fused-ring (bicyclic) bond motifs is 2. The van der Waals surface area contributed by atoms with Crippen LogP contribution in [-0.2, 0) is 24.1 Å². The van der Waals surface area contributed by atoms with E-state index >= 15 is 0 Å². The topological polar surface area (TPSA) is 92.1 Å². The van der Waals surface area contributed by atoms with Gasteiger partial charge in [-0.1, -0.05) is 0 Å². The van der Waals surface area contributed by atoms with Crippen molar-refractivity contribution in [2.75, 3.05) is 36.5 Å². The molecule has 3 aromatic heterocycles. The molecule has 1 fully saturated rings. The van der Waals surface area contributed by atoms with Gasteiger partial charge in [-0.3, -0.25) is 4.79 Å². The fourth-order valence-corrected chi connectivity index (χ4v) is 5.18. The van der Waals surface area contributed by atoms with Crippen molar-refractivity contribution in [1.82, 2.24) is 30.0 Å². The van der Waals surface area contributed by atoms with Gasteiger partial charge >= 0.3 is 6.18 Å². The molecule has 0 saturated carbocycles. The Morgan fingerprint density at radius 1 is 1.19 bits per heavy atom. The van der Waals surface area contributed by atoms with Crippen LogP contribution in [0.15, 0.2) is 6.07 Å². The third-order valence-corrected chi connectivity index (χ3v) is 6.82. The van der Waals surface area contributed by atoms with E-state index in [-0.39, 0.29) is 30.7 Å². The first-order chi connectivity index (χ1) is 15.2. The minimum atomic E-state index is -4.54. The Balaban J connectivity index is 1.49. The molecule has 13 heteroatoms. The van der Waals surface area contributed by atoms with E-state index in [9.17, 15) is 18.0 Å². The van der Waals surface area contributed by atoms with Crippen molar-refractivity contribution in [2.45, 2.75) is 32.6 Å². The average Bonchev–Trinajstić information content (AvgIpc) is 3.48. The summed E-state index contributed by atoms with van der Waals surface area (Å²) in [5.74, 6) is 0.358. The third-order valence-electron chi connectivity index (χ3n) is 5.88. The Bertz CT molecular complexity index is 1190. The highest BCUT2D eigenvalue weighted by Crippen LogP contribution is 2.36. The third kappa shape index (κ3) is 3.53. The van der Waals surface area contributed by atoms with Gasteiger partial charge in [0.25, 0.3) is 0 Å². The number of hydrogen-bond donors (Lipinski definition) is 1. The molecule has 1 saturated heterocycles. The van der Waals surface area contributed by atoms with Gasteiger partial charge in [-0.2, -0.15) is 18.2 Å². The molecule has 0 bridgehead atoms. The van der Waals surface area contributed by atoms with Crippen LogP contribution in [0, 0.1) is 12.8 Å². The van der Waals surface area contributed by atoms with Crippen LogP contribution in [0.2, 0.25) is 0 Å². The molecule has 170 valence electrons. The SMILES string of the molecule is CNC(=O)C1CCN(c2nc(N3CCn4c(nnc4C(F)(F)F)C3)c3cc(C)sc3n2)C1. The van der Waals surface area contributed by atoms with E-state index in [4.69, 9.17) is 9.97 Å². The van der Waals surface area contributed by atoms with Gasteiger partial charge in [0.05, 0.1) is 17.8 Å². The van der Waals surface area contributed by atoms with E-state index in [1.165, 1.54) is 0 Å². The number of alkyl halides is 3. The summed E-state index contributed by atoms with van der Waals surface area (Å²) in [5.41, 5.74) is 0. The minimum Gasteiger partial charge on any atom is -0.359 e. The fraction of sp³-hybridized carbons (Fsp3) is 0.526. The summed E-state index contributed by atoms with van der Waals surface area (Å²) >= 11 is 1.54. The first-order valence-corrected chi connectivity index (χ1v) is 11.0. The van der Waals surface area contributed by atoms with E-state index < -0.39 is 12.0 Å². The lowest BCUT2D eigenvalue weighted by Gasteiger charge is -2.30. The number of carbonyl (C=O) groups is 1. The molecule has 1 unspecified atom stereocenters. The molecule has 2 aliphatic heterocycles. The van der Waals surface area contributed by atoms with Gasteiger partial charge in [-0.15, -0.1) is 21.5 Å². The summed E-state index contributed by atoms with van der Waals surface area (Å²) < 4.78 is 40.7. The maximum absolute atomic E-state index is 13.2. The van der Waals surface area contributed by atoms with Gasteiger partial charge in [-0.25, -0.2) is 4.98 Å². The minimum absolute atomic E-state index is 0.00314. The summed E-state index contributed by atoms with van der Waals surface area (Å²) in [6.45, 7) is 3.80. The molecule has 1 N–H and O–H groups in total. The van der Waals surface area contributed by atoms with E-state index in [0.29, 0.717) is 37.8 Å². The molecule has 5 heterocycles. The van der Waals surface area contributed by atoms with Crippen LogP contribution in [0.25, 0.3) is 10.2 Å². The second-order valence-corrected chi connectivity index (χ2v) is 9.21. The maximum Gasteiger partial charge on any atom is 0.451 e. The second-order valence-electron chi connectivity index (χ2n) is 7.98. The lowest BCUT2D eigenvalue weighted by molar-refractivity contribution is -0.147. The summed E-state index contributed by atoms with van der Waals surface area (Å²) in [5, 5.41) is 10.7. The monoisotopic (exact) mass is 466 g/mol. The van der Waals surface area contributed by atoms with Crippen LogP contribution in [0.5, 0.6) is 0 Å². The lowest BCUT2D eigenvalue weighted by Crippen LogP contribution is -2.36. The van der Waals surface area contributed by atoms with Crippen LogP contribution in [-0.4, -0.2) is 57.3 Å². The van der Waals surface area contributed by atoms with Crippen LogP contribution in [0.4, 0.5) is 24.9 Å². The van der Waals surface area contributed by atoms with Gasteiger partial charge in [0.15, 0.2) is 5.82 Å². The van der Waals surface area contributed by atoms with E-state index in [0.717, 1.165) is 19.7 Å². The highest BCUT2D eigenvalue weighted by molar-refractivity contribution is 7.18. The Hall–Kier alpha value is -2.96. The number of nitrogens with zero attached hydrogens (tertiary/aromatic N) is 7. The molecule has 0 spiro atoms. The summed E-state index contributed by atoms with van der Waals surface area (Å²) in [4.78, 5) is 27.4. The van der Waals surface area contributed by atoms with E-state index in [1.807, 2.05) is 22.8 Å². The Kier molecular flexibility index (Phi) is 4.95. The number of aryl methyl sites for hydroxylation is 1. The highest BCUT2D eigenvalue weighted by Gasteiger charge is 2.40. The van der Waals surface area contributed by atoms with Crippen LogP contribution in [0.3, 0.4) is 0 Å². The van der Waals surface area contributed by atoms with Gasteiger partial charge in [-0.05, 0) is 19.4 Å². The Morgan fingerprint density at radius 3 is 2.75 bits per heavy atom. The quantitative estimate of drug-likeness (QED) is 0.633. The largest absolute Gasteiger partial charge is 0.451 e. The number of thiophene rings is 1. The molecular formula is C19H21F3N8OS. The van der Waals surface area contributed by atoms with Crippen molar-refractivity contribution in [3.8, 4) is 0 Å².